The highest BCUT2D eigenvalue weighted by atomic mass is 16.5. The van der Waals surface area contributed by atoms with Gasteiger partial charge in [-0.05, 0) is 34.5 Å². The Balaban J connectivity index is 1.59. The molecule has 1 amide bonds. The number of esters is 1. The standard InChI is InChI=1S/C25H23NO5/c1-29-19-10-8-17-9-11-22-24(20(17)14-19)18(15-31-22)13-23(27)26-21(25(28)30-2)12-16-6-4-3-5-7-16/h3-11,14-15,21H,12-13H2,1-2H3,(H,26,27)/t21-/m0/s1. The van der Waals surface area contributed by atoms with Gasteiger partial charge in [0.15, 0.2) is 0 Å². The van der Waals surface area contributed by atoms with Crippen LogP contribution in [0.1, 0.15) is 11.1 Å². The molecule has 0 aliphatic rings. The number of fused-ring (bicyclic) bond motifs is 3. The Morgan fingerprint density at radius 3 is 2.55 bits per heavy atom. The molecular formula is C25H23NO5. The van der Waals surface area contributed by atoms with Crippen molar-refractivity contribution < 1.29 is 23.5 Å². The van der Waals surface area contributed by atoms with Gasteiger partial charge in [0.25, 0.3) is 0 Å². The second-order valence-electron chi connectivity index (χ2n) is 7.30. The molecule has 1 atom stereocenters. The summed E-state index contributed by atoms with van der Waals surface area (Å²) in [6, 6.07) is 18.4. The molecule has 0 bridgehead atoms. The third-order valence-electron chi connectivity index (χ3n) is 5.29. The topological polar surface area (TPSA) is 77.8 Å². The first-order valence-electron chi connectivity index (χ1n) is 9.97. The molecule has 0 saturated heterocycles. The molecule has 4 rings (SSSR count). The maximum atomic E-state index is 12.8. The van der Waals surface area contributed by atoms with Crippen LogP contribution < -0.4 is 10.1 Å². The maximum absolute atomic E-state index is 12.8. The molecular weight excluding hydrogens is 394 g/mol. The van der Waals surface area contributed by atoms with Crippen LogP contribution in [-0.4, -0.2) is 32.1 Å². The first kappa shape index (κ1) is 20.5. The highest BCUT2D eigenvalue weighted by molar-refractivity contribution is 6.09. The predicted octanol–water partition coefficient (Wildman–Crippen LogP) is 4.04. The molecule has 4 aromatic rings. The van der Waals surface area contributed by atoms with Crippen molar-refractivity contribution in [3.63, 3.8) is 0 Å². The molecule has 6 heteroatoms. The molecule has 1 heterocycles. The van der Waals surface area contributed by atoms with Crippen LogP contribution in [0.2, 0.25) is 0 Å². The van der Waals surface area contributed by atoms with Crippen molar-refractivity contribution in [3.8, 4) is 5.75 Å². The zero-order chi connectivity index (χ0) is 21.8. The molecule has 158 valence electrons. The molecule has 0 spiro atoms. The largest absolute Gasteiger partial charge is 0.497 e. The van der Waals surface area contributed by atoms with Gasteiger partial charge in [-0.3, -0.25) is 4.79 Å². The minimum absolute atomic E-state index is 0.0750. The van der Waals surface area contributed by atoms with Gasteiger partial charge in [-0.2, -0.15) is 0 Å². The number of amides is 1. The summed E-state index contributed by atoms with van der Waals surface area (Å²) in [5.74, 6) is -0.0383. The maximum Gasteiger partial charge on any atom is 0.328 e. The molecule has 0 saturated carbocycles. The number of carbonyl (C=O) groups excluding carboxylic acids is 2. The second kappa shape index (κ2) is 8.92. The first-order valence-corrected chi connectivity index (χ1v) is 9.97. The van der Waals surface area contributed by atoms with Crippen molar-refractivity contribution >= 4 is 33.6 Å². The molecule has 0 unspecified atom stereocenters. The first-order chi connectivity index (χ1) is 15.1. The van der Waals surface area contributed by atoms with Gasteiger partial charge in [-0.15, -0.1) is 0 Å². The monoisotopic (exact) mass is 417 g/mol. The van der Waals surface area contributed by atoms with Crippen LogP contribution in [0.3, 0.4) is 0 Å². The summed E-state index contributed by atoms with van der Waals surface area (Å²) >= 11 is 0. The molecule has 0 radical (unpaired) electrons. The molecule has 31 heavy (non-hydrogen) atoms. The fourth-order valence-corrected chi connectivity index (χ4v) is 3.76. The lowest BCUT2D eigenvalue weighted by molar-refractivity contribution is -0.145. The van der Waals surface area contributed by atoms with Crippen LogP contribution in [-0.2, 0) is 27.2 Å². The molecule has 1 aromatic heterocycles. The number of hydrogen-bond donors (Lipinski definition) is 1. The van der Waals surface area contributed by atoms with Gasteiger partial charge < -0.3 is 19.2 Å². The predicted molar refractivity (Wildman–Crippen MR) is 118 cm³/mol. The second-order valence-corrected chi connectivity index (χ2v) is 7.30. The van der Waals surface area contributed by atoms with E-state index in [1.54, 1.807) is 13.4 Å². The molecule has 0 aliphatic heterocycles. The van der Waals surface area contributed by atoms with Crippen LogP contribution in [0, 0.1) is 0 Å². The highest BCUT2D eigenvalue weighted by Gasteiger charge is 2.23. The average Bonchev–Trinajstić information content (AvgIpc) is 3.21. The van der Waals surface area contributed by atoms with E-state index in [9.17, 15) is 9.59 Å². The Morgan fingerprint density at radius 1 is 1.03 bits per heavy atom. The quantitative estimate of drug-likeness (QED) is 0.459. The summed E-state index contributed by atoms with van der Waals surface area (Å²) in [7, 11) is 2.93. The summed E-state index contributed by atoms with van der Waals surface area (Å²) in [6.07, 6.45) is 2.02. The average molecular weight is 417 g/mol. The number of hydrogen-bond acceptors (Lipinski definition) is 5. The highest BCUT2D eigenvalue weighted by Crippen LogP contribution is 2.32. The molecule has 3 aromatic carbocycles. The third-order valence-corrected chi connectivity index (χ3v) is 5.29. The van der Waals surface area contributed by atoms with E-state index in [2.05, 4.69) is 5.32 Å². The summed E-state index contributed by atoms with van der Waals surface area (Å²) < 4.78 is 15.9. The number of nitrogens with one attached hydrogen (secondary N) is 1. The van der Waals surface area contributed by atoms with Gasteiger partial charge in [0, 0.05) is 17.4 Å². The van der Waals surface area contributed by atoms with Gasteiger partial charge >= 0.3 is 5.97 Å². The number of ether oxygens (including phenoxy) is 2. The van der Waals surface area contributed by atoms with Gasteiger partial charge in [0.2, 0.25) is 5.91 Å². The van der Waals surface area contributed by atoms with Gasteiger partial charge in [0.05, 0.1) is 26.9 Å². The minimum atomic E-state index is -0.769. The summed E-state index contributed by atoms with van der Waals surface area (Å²) in [5.41, 5.74) is 2.37. The fraction of sp³-hybridized carbons (Fsp3) is 0.200. The van der Waals surface area contributed by atoms with Crippen molar-refractivity contribution in [3.05, 3.63) is 78.1 Å². The Hall–Kier alpha value is -3.80. The van der Waals surface area contributed by atoms with E-state index in [0.29, 0.717) is 12.0 Å². The summed E-state index contributed by atoms with van der Waals surface area (Å²) in [6.45, 7) is 0. The molecule has 6 nitrogen and oxygen atoms in total. The van der Waals surface area contributed by atoms with Crippen LogP contribution in [0.4, 0.5) is 0 Å². The summed E-state index contributed by atoms with van der Waals surface area (Å²) in [4.78, 5) is 25.1. The van der Waals surface area contributed by atoms with E-state index in [1.807, 2.05) is 60.7 Å². The fourth-order valence-electron chi connectivity index (χ4n) is 3.76. The van der Waals surface area contributed by atoms with E-state index in [1.165, 1.54) is 7.11 Å². The SMILES string of the molecule is COC(=O)[C@H](Cc1ccccc1)NC(=O)Cc1coc2ccc3ccc(OC)cc3c12. The van der Waals surface area contributed by atoms with E-state index in [4.69, 9.17) is 13.9 Å². The lowest BCUT2D eigenvalue weighted by Gasteiger charge is -2.16. The van der Waals surface area contributed by atoms with Crippen LogP contribution >= 0.6 is 0 Å². The van der Waals surface area contributed by atoms with E-state index < -0.39 is 12.0 Å². The van der Waals surface area contributed by atoms with Crippen molar-refractivity contribution in [2.24, 2.45) is 0 Å². The van der Waals surface area contributed by atoms with Crippen molar-refractivity contribution in [1.82, 2.24) is 5.32 Å². The Bertz CT molecular complexity index is 1230. The summed E-state index contributed by atoms with van der Waals surface area (Å²) in [5, 5.41) is 5.64. The van der Waals surface area contributed by atoms with Crippen LogP contribution in [0.25, 0.3) is 21.7 Å². The lowest BCUT2D eigenvalue weighted by Crippen LogP contribution is -2.43. The van der Waals surface area contributed by atoms with Crippen LogP contribution in [0.5, 0.6) is 5.75 Å². The normalized spacial score (nSPS) is 11.9. The Labute approximate surface area is 179 Å². The number of methoxy groups -OCH3 is 2. The van der Waals surface area contributed by atoms with Crippen molar-refractivity contribution in [1.29, 1.82) is 0 Å². The smallest absolute Gasteiger partial charge is 0.328 e. The number of rotatable bonds is 7. The Kier molecular flexibility index (Phi) is 5.89. The van der Waals surface area contributed by atoms with E-state index in [0.717, 1.165) is 33.0 Å². The zero-order valence-electron chi connectivity index (χ0n) is 17.4. The third kappa shape index (κ3) is 4.38. The van der Waals surface area contributed by atoms with E-state index in [-0.39, 0.29) is 12.3 Å². The number of carbonyl (C=O) groups is 2. The molecule has 0 aliphatic carbocycles. The van der Waals surface area contributed by atoms with Gasteiger partial charge in [-0.1, -0.05) is 42.5 Å². The van der Waals surface area contributed by atoms with Gasteiger partial charge in [-0.25, -0.2) is 4.79 Å². The minimum Gasteiger partial charge on any atom is -0.497 e. The number of benzene rings is 3. The van der Waals surface area contributed by atoms with Crippen molar-refractivity contribution in [2.45, 2.75) is 18.9 Å². The van der Waals surface area contributed by atoms with Crippen molar-refractivity contribution in [2.75, 3.05) is 14.2 Å². The zero-order valence-corrected chi connectivity index (χ0v) is 17.4. The molecule has 1 N–H and O–H groups in total. The Morgan fingerprint density at radius 2 is 1.81 bits per heavy atom. The number of furan rings is 1. The lowest BCUT2D eigenvalue weighted by atomic mass is 10.0. The van der Waals surface area contributed by atoms with E-state index >= 15 is 0 Å². The molecule has 0 fully saturated rings. The van der Waals surface area contributed by atoms with Crippen LogP contribution in [0.15, 0.2) is 71.3 Å². The van der Waals surface area contributed by atoms with Gasteiger partial charge in [0.1, 0.15) is 17.4 Å².